The van der Waals surface area contributed by atoms with Crippen molar-refractivity contribution in [1.82, 2.24) is 9.80 Å². The predicted octanol–water partition coefficient (Wildman–Crippen LogP) is 3.02. The number of carbonyl (C=O) groups is 1. The van der Waals surface area contributed by atoms with Crippen LogP contribution >= 0.6 is 0 Å². The molecule has 0 saturated carbocycles. The van der Waals surface area contributed by atoms with Crippen molar-refractivity contribution in [2.45, 2.75) is 25.3 Å². The molecule has 7 nitrogen and oxygen atoms in total. The van der Waals surface area contributed by atoms with Gasteiger partial charge in [0, 0.05) is 31.4 Å². The van der Waals surface area contributed by atoms with Crippen molar-refractivity contribution in [3.05, 3.63) is 69.8 Å². The smallest absolute Gasteiger partial charge is 0.269 e. The van der Waals surface area contributed by atoms with Crippen molar-refractivity contribution in [3.63, 3.8) is 0 Å². The van der Waals surface area contributed by atoms with Crippen molar-refractivity contribution in [2.75, 3.05) is 32.4 Å². The summed E-state index contributed by atoms with van der Waals surface area (Å²) in [7, 11) is 1.78. The van der Waals surface area contributed by atoms with Crippen molar-refractivity contribution < 1.29 is 9.72 Å². The summed E-state index contributed by atoms with van der Waals surface area (Å²) in [5, 5.41) is 11.2. The first-order valence-electron chi connectivity index (χ1n) is 9.51. The Balaban J connectivity index is 1.82. The van der Waals surface area contributed by atoms with Crippen LogP contribution in [0.25, 0.3) is 0 Å². The average molecular weight is 382 g/mol. The second-order valence-electron chi connectivity index (χ2n) is 7.30. The van der Waals surface area contributed by atoms with Gasteiger partial charge >= 0.3 is 0 Å². The molecule has 28 heavy (non-hydrogen) atoms. The predicted molar refractivity (Wildman–Crippen MR) is 109 cm³/mol. The molecule has 0 aliphatic carbocycles. The van der Waals surface area contributed by atoms with Gasteiger partial charge in [0.1, 0.15) is 0 Å². The third kappa shape index (κ3) is 4.86. The molecule has 2 N–H and O–H groups in total. The maximum Gasteiger partial charge on any atom is 0.269 e. The molecule has 1 heterocycles. The lowest BCUT2D eigenvalue weighted by Crippen LogP contribution is -2.39. The number of amides is 1. The zero-order chi connectivity index (χ0) is 20.1. The monoisotopic (exact) mass is 382 g/mol. The number of likely N-dealkylation sites (tertiary alicyclic amines) is 1. The zero-order valence-corrected chi connectivity index (χ0v) is 16.1. The SMILES string of the molecule is CN(C(=O)Cc1ccc(N)cc1)[C@H](CN1CCCC1)c1cccc([N+](=O)[O-])c1. The Morgan fingerprint density at radius 3 is 2.54 bits per heavy atom. The van der Waals surface area contributed by atoms with Crippen molar-refractivity contribution >= 4 is 17.3 Å². The van der Waals surface area contributed by atoms with Crippen LogP contribution in [0.5, 0.6) is 0 Å². The van der Waals surface area contributed by atoms with Gasteiger partial charge in [0.2, 0.25) is 5.91 Å². The van der Waals surface area contributed by atoms with Crippen LogP contribution in [0, 0.1) is 10.1 Å². The largest absolute Gasteiger partial charge is 0.399 e. The van der Waals surface area contributed by atoms with Crippen LogP contribution in [0.2, 0.25) is 0 Å². The molecule has 3 rings (SSSR count). The highest BCUT2D eigenvalue weighted by atomic mass is 16.6. The van der Waals surface area contributed by atoms with Gasteiger partial charge < -0.3 is 15.5 Å². The highest BCUT2D eigenvalue weighted by molar-refractivity contribution is 5.79. The number of likely N-dealkylation sites (N-methyl/N-ethyl adjacent to an activating group) is 1. The quantitative estimate of drug-likeness (QED) is 0.451. The molecule has 1 saturated heterocycles. The summed E-state index contributed by atoms with van der Waals surface area (Å²) in [6, 6.07) is 13.6. The Morgan fingerprint density at radius 1 is 1.21 bits per heavy atom. The summed E-state index contributed by atoms with van der Waals surface area (Å²) in [5.74, 6) is -0.0273. The molecular weight excluding hydrogens is 356 g/mol. The van der Waals surface area contributed by atoms with Crippen LogP contribution in [0.4, 0.5) is 11.4 Å². The number of benzene rings is 2. The minimum atomic E-state index is -0.396. The second-order valence-corrected chi connectivity index (χ2v) is 7.30. The van der Waals surface area contributed by atoms with Crippen molar-refractivity contribution in [1.29, 1.82) is 0 Å². The molecule has 0 radical (unpaired) electrons. The summed E-state index contributed by atoms with van der Waals surface area (Å²) >= 11 is 0. The summed E-state index contributed by atoms with van der Waals surface area (Å²) < 4.78 is 0. The van der Waals surface area contributed by atoms with E-state index in [4.69, 9.17) is 5.73 Å². The summed E-state index contributed by atoms with van der Waals surface area (Å²) in [4.78, 5) is 27.8. The summed E-state index contributed by atoms with van der Waals surface area (Å²) in [6.07, 6.45) is 2.55. The van der Waals surface area contributed by atoms with Crippen LogP contribution in [0.1, 0.15) is 30.0 Å². The van der Waals surface area contributed by atoms with E-state index in [1.807, 2.05) is 18.2 Å². The number of carbonyl (C=O) groups excluding carboxylic acids is 1. The number of non-ortho nitro benzene ring substituents is 1. The van der Waals surface area contributed by atoms with Gasteiger partial charge in [-0.25, -0.2) is 0 Å². The summed E-state index contributed by atoms with van der Waals surface area (Å²) in [5.41, 5.74) is 8.10. The number of hydrogen-bond donors (Lipinski definition) is 1. The molecule has 0 unspecified atom stereocenters. The van der Waals surface area contributed by atoms with Gasteiger partial charge in [-0.15, -0.1) is 0 Å². The fourth-order valence-electron chi connectivity index (χ4n) is 3.62. The highest BCUT2D eigenvalue weighted by Gasteiger charge is 2.26. The van der Waals surface area contributed by atoms with Gasteiger partial charge in [0.05, 0.1) is 17.4 Å². The molecule has 0 aromatic heterocycles. The summed E-state index contributed by atoms with van der Waals surface area (Å²) in [6.45, 7) is 2.65. The topological polar surface area (TPSA) is 92.7 Å². The van der Waals surface area contributed by atoms with E-state index < -0.39 is 4.92 Å². The number of nitro groups is 1. The number of nitro benzene ring substituents is 1. The molecule has 1 atom stereocenters. The minimum Gasteiger partial charge on any atom is -0.399 e. The molecule has 1 amide bonds. The van der Waals surface area contributed by atoms with E-state index in [1.165, 1.54) is 6.07 Å². The molecule has 2 aromatic rings. The van der Waals surface area contributed by atoms with E-state index in [2.05, 4.69) is 4.90 Å². The number of nitrogens with two attached hydrogens (primary N) is 1. The fraction of sp³-hybridized carbons (Fsp3) is 0.381. The number of anilines is 1. The molecule has 0 bridgehead atoms. The van der Waals surface area contributed by atoms with Gasteiger partial charge in [-0.1, -0.05) is 24.3 Å². The van der Waals surface area contributed by atoms with Crippen molar-refractivity contribution in [3.8, 4) is 0 Å². The number of rotatable bonds is 7. The molecular formula is C21H26N4O3. The maximum absolute atomic E-state index is 12.9. The Hall–Kier alpha value is -2.93. The second kappa shape index (κ2) is 8.84. The first-order valence-corrected chi connectivity index (χ1v) is 9.51. The molecule has 148 valence electrons. The first kappa shape index (κ1) is 19.8. The lowest BCUT2D eigenvalue weighted by atomic mass is 10.0. The van der Waals surface area contributed by atoms with E-state index in [9.17, 15) is 14.9 Å². The molecule has 1 aliphatic rings. The third-order valence-electron chi connectivity index (χ3n) is 5.29. The van der Waals surface area contributed by atoms with Gasteiger partial charge in [0.25, 0.3) is 5.69 Å². The molecule has 1 aliphatic heterocycles. The van der Waals surface area contributed by atoms with Gasteiger partial charge in [0.15, 0.2) is 0 Å². The van der Waals surface area contributed by atoms with Gasteiger partial charge in [-0.3, -0.25) is 14.9 Å². The number of nitrogen functional groups attached to an aromatic ring is 1. The van der Waals surface area contributed by atoms with Gasteiger partial charge in [-0.2, -0.15) is 0 Å². The Bertz CT molecular complexity index is 832. The maximum atomic E-state index is 12.9. The van der Waals surface area contributed by atoms with E-state index in [0.29, 0.717) is 12.2 Å². The van der Waals surface area contributed by atoms with E-state index >= 15 is 0 Å². The van der Waals surface area contributed by atoms with Crippen LogP contribution in [-0.2, 0) is 11.2 Å². The van der Waals surface area contributed by atoms with E-state index in [-0.39, 0.29) is 24.1 Å². The lowest BCUT2D eigenvalue weighted by molar-refractivity contribution is -0.385. The Labute approximate surface area is 164 Å². The number of nitrogens with zero attached hydrogens (tertiary/aromatic N) is 3. The molecule has 1 fully saturated rings. The van der Waals surface area contributed by atoms with Crippen molar-refractivity contribution in [2.24, 2.45) is 0 Å². The van der Waals surface area contributed by atoms with Crippen LogP contribution in [0.3, 0.4) is 0 Å². The highest BCUT2D eigenvalue weighted by Crippen LogP contribution is 2.26. The van der Waals surface area contributed by atoms with Gasteiger partial charge in [-0.05, 0) is 49.2 Å². The molecule has 0 spiro atoms. The molecule has 2 aromatic carbocycles. The normalized spacial score (nSPS) is 15.3. The molecule has 7 heteroatoms. The zero-order valence-electron chi connectivity index (χ0n) is 16.1. The van der Waals surface area contributed by atoms with Crippen LogP contribution < -0.4 is 5.73 Å². The first-order chi connectivity index (χ1) is 13.4. The minimum absolute atomic E-state index is 0.0273. The number of hydrogen-bond acceptors (Lipinski definition) is 5. The van der Waals surface area contributed by atoms with Crippen LogP contribution in [-0.4, -0.2) is 47.3 Å². The Morgan fingerprint density at radius 2 is 1.89 bits per heavy atom. The van der Waals surface area contributed by atoms with E-state index in [1.54, 1.807) is 36.2 Å². The third-order valence-corrected chi connectivity index (χ3v) is 5.29. The Kier molecular flexibility index (Phi) is 6.26. The average Bonchev–Trinajstić information content (AvgIpc) is 3.20. The van der Waals surface area contributed by atoms with E-state index in [0.717, 1.165) is 37.1 Å². The lowest BCUT2D eigenvalue weighted by Gasteiger charge is -2.32. The van der Waals surface area contributed by atoms with Crippen LogP contribution in [0.15, 0.2) is 48.5 Å². The standard InChI is InChI=1S/C21H26N4O3/c1-23(21(26)13-16-7-9-18(22)10-8-16)20(15-24-11-2-3-12-24)17-5-4-6-19(14-17)25(27)28/h4-10,14,20H,2-3,11-13,15,22H2,1H3/t20-/m1/s1. The fourth-order valence-corrected chi connectivity index (χ4v) is 3.62.